The van der Waals surface area contributed by atoms with Crippen molar-refractivity contribution in [1.29, 1.82) is 0 Å². The Morgan fingerprint density at radius 2 is 0.846 bits per heavy atom. The summed E-state index contributed by atoms with van der Waals surface area (Å²) in [5.41, 5.74) is 1.45. The van der Waals surface area contributed by atoms with Crippen LogP contribution in [0, 0.1) is 0 Å². The zero-order valence-corrected chi connectivity index (χ0v) is 20.8. The van der Waals surface area contributed by atoms with Crippen molar-refractivity contribution in [2.45, 2.75) is 12.3 Å². The summed E-state index contributed by atoms with van der Waals surface area (Å²) in [6.07, 6.45) is -0.204. The molecule has 0 aliphatic carbocycles. The highest BCUT2D eigenvalue weighted by atomic mass is 19.1. The minimum absolute atomic E-state index is 0.289. The van der Waals surface area contributed by atoms with Crippen molar-refractivity contribution >= 4 is 11.9 Å². The molecule has 4 aromatic rings. The van der Waals surface area contributed by atoms with Gasteiger partial charge in [0.1, 0.15) is 35.3 Å². The maximum atomic E-state index is 13.6. The van der Waals surface area contributed by atoms with Gasteiger partial charge in [0.25, 0.3) is 0 Å². The van der Waals surface area contributed by atoms with Gasteiger partial charge in [-0.15, -0.1) is 0 Å². The molecule has 4 rings (SSSR count). The number of carbonyl (C=O) groups is 2. The molecule has 0 aromatic heterocycles. The average Bonchev–Trinajstić information content (AvgIpc) is 2.97. The van der Waals surface area contributed by atoms with Gasteiger partial charge in [-0.1, -0.05) is 49.6 Å². The van der Waals surface area contributed by atoms with Crippen molar-refractivity contribution in [3.8, 4) is 23.0 Å². The molecule has 0 fully saturated rings. The van der Waals surface area contributed by atoms with Gasteiger partial charge in [0, 0.05) is 0 Å². The summed E-state index contributed by atoms with van der Waals surface area (Å²) in [7, 11) is 0. The first-order valence-corrected chi connectivity index (χ1v) is 11.9. The molecule has 5 nitrogen and oxygen atoms in total. The van der Waals surface area contributed by atoms with Crippen LogP contribution in [-0.4, -0.2) is 11.9 Å². The first-order valence-electron chi connectivity index (χ1n) is 11.9. The van der Waals surface area contributed by atoms with Crippen LogP contribution in [0.5, 0.6) is 23.0 Å². The maximum absolute atomic E-state index is 13.6. The second-order valence-electron chi connectivity index (χ2n) is 8.34. The lowest BCUT2D eigenvalue weighted by atomic mass is 10.1. The zero-order valence-electron chi connectivity index (χ0n) is 20.8. The third-order valence-electron chi connectivity index (χ3n) is 5.65. The van der Waals surface area contributed by atoms with Gasteiger partial charge in [0.05, 0.1) is 11.1 Å². The molecule has 0 saturated carbocycles. The van der Waals surface area contributed by atoms with Crippen molar-refractivity contribution in [2.75, 3.05) is 0 Å². The number of benzene rings is 4. The highest BCUT2D eigenvalue weighted by Gasteiger charge is 2.12. The molecule has 0 aliphatic rings. The SMILES string of the molecule is C=CC(F)c1ccc(OC(=O)c2ccc(Oc3ccc(C(=O)Oc4ccc(C(F)C=C)cc4)cc3)cc2)cc1. The normalized spacial score (nSPS) is 12.1. The van der Waals surface area contributed by atoms with Crippen LogP contribution < -0.4 is 14.2 Å². The van der Waals surface area contributed by atoms with Gasteiger partial charge < -0.3 is 14.2 Å². The molecule has 196 valence electrons. The lowest BCUT2D eigenvalue weighted by Gasteiger charge is -2.09. The van der Waals surface area contributed by atoms with Crippen molar-refractivity contribution in [3.63, 3.8) is 0 Å². The van der Waals surface area contributed by atoms with Crippen LogP contribution >= 0.6 is 0 Å². The summed E-state index contributed by atoms with van der Waals surface area (Å²) in [6.45, 7) is 6.83. The molecule has 0 heterocycles. The Balaban J connectivity index is 1.31. The van der Waals surface area contributed by atoms with Gasteiger partial charge >= 0.3 is 11.9 Å². The summed E-state index contributed by atoms with van der Waals surface area (Å²) < 4.78 is 43.7. The average molecular weight is 527 g/mol. The van der Waals surface area contributed by atoms with Crippen molar-refractivity contribution in [1.82, 2.24) is 0 Å². The second kappa shape index (κ2) is 12.5. The van der Waals surface area contributed by atoms with E-state index >= 15 is 0 Å². The molecule has 0 N–H and O–H groups in total. The molecule has 0 aliphatic heterocycles. The predicted molar refractivity (Wildman–Crippen MR) is 144 cm³/mol. The van der Waals surface area contributed by atoms with E-state index in [1.165, 1.54) is 60.7 Å². The Morgan fingerprint density at radius 3 is 1.15 bits per heavy atom. The van der Waals surface area contributed by atoms with Gasteiger partial charge in [0.2, 0.25) is 0 Å². The van der Waals surface area contributed by atoms with E-state index in [1.807, 2.05) is 0 Å². The molecular weight excluding hydrogens is 502 g/mol. The third kappa shape index (κ3) is 7.05. The number of halogens is 2. The molecule has 2 atom stereocenters. The number of carbonyl (C=O) groups excluding carboxylic acids is 2. The topological polar surface area (TPSA) is 61.8 Å². The monoisotopic (exact) mass is 526 g/mol. The number of esters is 2. The molecule has 4 aromatic carbocycles. The third-order valence-corrected chi connectivity index (χ3v) is 5.65. The fourth-order valence-corrected chi connectivity index (χ4v) is 3.50. The quantitative estimate of drug-likeness (QED) is 0.118. The van der Waals surface area contributed by atoms with Crippen LogP contribution in [0.2, 0.25) is 0 Å². The lowest BCUT2D eigenvalue weighted by Crippen LogP contribution is -2.08. The van der Waals surface area contributed by atoms with Gasteiger partial charge in [-0.2, -0.15) is 0 Å². The standard InChI is InChI=1S/C32H24F2O5/c1-3-29(33)21-5-13-27(14-6-21)38-31(35)23-9-17-25(18-10-23)37-26-19-11-24(12-20-26)32(36)39-28-15-7-22(8-16-28)30(34)4-2/h3-20,29-30H,1-2H2. The summed E-state index contributed by atoms with van der Waals surface area (Å²) >= 11 is 0. The molecule has 7 heteroatoms. The van der Waals surface area contributed by atoms with Crippen molar-refractivity contribution < 1.29 is 32.6 Å². The molecule has 0 spiro atoms. The van der Waals surface area contributed by atoms with Crippen LogP contribution in [0.1, 0.15) is 44.2 Å². The Hall–Kier alpha value is -5.04. The first kappa shape index (κ1) is 27.0. The summed E-state index contributed by atoms with van der Waals surface area (Å²) in [6, 6.07) is 24.8. The highest BCUT2D eigenvalue weighted by Crippen LogP contribution is 2.25. The fourth-order valence-electron chi connectivity index (χ4n) is 3.50. The van der Waals surface area contributed by atoms with Crippen LogP contribution in [0.25, 0.3) is 0 Å². The van der Waals surface area contributed by atoms with E-state index in [-0.39, 0.29) is 11.5 Å². The number of rotatable bonds is 10. The molecule has 0 saturated heterocycles. The molecule has 0 amide bonds. The van der Waals surface area contributed by atoms with Crippen LogP contribution in [0.4, 0.5) is 8.78 Å². The van der Waals surface area contributed by atoms with E-state index in [4.69, 9.17) is 14.2 Å². The molecular formula is C32H24F2O5. The minimum Gasteiger partial charge on any atom is -0.457 e. The summed E-state index contributed by atoms with van der Waals surface area (Å²) in [5.74, 6) is 0.370. The largest absolute Gasteiger partial charge is 0.457 e. The smallest absolute Gasteiger partial charge is 0.343 e. The summed E-state index contributed by atoms with van der Waals surface area (Å²) in [4.78, 5) is 24.9. The van der Waals surface area contributed by atoms with E-state index in [0.717, 1.165) is 0 Å². The zero-order chi connectivity index (χ0) is 27.8. The van der Waals surface area contributed by atoms with E-state index in [2.05, 4.69) is 13.2 Å². The maximum Gasteiger partial charge on any atom is 0.343 e. The number of allylic oxidation sites excluding steroid dienone is 2. The van der Waals surface area contributed by atoms with E-state index in [1.54, 1.807) is 48.5 Å². The molecule has 0 radical (unpaired) electrons. The molecule has 39 heavy (non-hydrogen) atoms. The van der Waals surface area contributed by atoms with E-state index in [9.17, 15) is 18.4 Å². The van der Waals surface area contributed by atoms with Crippen molar-refractivity contribution in [3.05, 3.63) is 145 Å². The van der Waals surface area contributed by atoms with Crippen molar-refractivity contribution in [2.24, 2.45) is 0 Å². The summed E-state index contributed by atoms with van der Waals surface area (Å²) in [5, 5.41) is 0. The van der Waals surface area contributed by atoms with Crippen LogP contribution in [0.3, 0.4) is 0 Å². The number of hydrogen-bond acceptors (Lipinski definition) is 5. The Morgan fingerprint density at radius 1 is 0.538 bits per heavy atom. The van der Waals surface area contributed by atoms with Gasteiger partial charge in [0.15, 0.2) is 0 Å². The minimum atomic E-state index is -1.29. The van der Waals surface area contributed by atoms with Gasteiger partial charge in [-0.05, 0) is 83.9 Å². The molecule has 2 unspecified atom stereocenters. The van der Waals surface area contributed by atoms with Crippen LogP contribution in [-0.2, 0) is 0 Å². The number of alkyl halides is 2. The fraction of sp³-hybridized carbons (Fsp3) is 0.0625. The van der Waals surface area contributed by atoms with E-state index in [0.29, 0.717) is 33.8 Å². The van der Waals surface area contributed by atoms with Gasteiger partial charge in [-0.3, -0.25) is 0 Å². The Bertz CT molecular complexity index is 1330. The first-order chi connectivity index (χ1) is 18.9. The molecule has 0 bridgehead atoms. The van der Waals surface area contributed by atoms with Crippen LogP contribution in [0.15, 0.2) is 122 Å². The predicted octanol–water partition coefficient (Wildman–Crippen LogP) is 8.31. The lowest BCUT2D eigenvalue weighted by molar-refractivity contribution is 0.0725. The van der Waals surface area contributed by atoms with Gasteiger partial charge in [-0.25, -0.2) is 18.4 Å². The Kier molecular flexibility index (Phi) is 8.64. The second-order valence-corrected chi connectivity index (χ2v) is 8.34. The number of hydrogen-bond donors (Lipinski definition) is 0. The van der Waals surface area contributed by atoms with E-state index < -0.39 is 24.3 Å². The number of ether oxygens (including phenoxy) is 3. The Labute approximate surface area is 224 Å². The highest BCUT2D eigenvalue weighted by molar-refractivity contribution is 5.91.